The molecule has 2 aliphatic rings. The highest BCUT2D eigenvalue weighted by Gasteiger charge is 2.23. The molecule has 0 amide bonds. The van der Waals surface area contributed by atoms with E-state index in [2.05, 4.69) is 15.2 Å². The predicted octanol–water partition coefficient (Wildman–Crippen LogP) is 2.28. The fourth-order valence-corrected chi connectivity index (χ4v) is 4.87. The summed E-state index contributed by atoms with van der Waals surface area (Å²) in [5.41, 5.74) is 3.02. The quantitative estimate of drug-likeness (QED) is 0.823. The van der Waals surface area contributed by atoms with Crippen LogP contribution in [0.3, 0.4) is 0 Å². The van der Waals surface area contributed by atoms with Crippen LogP contribution in [-0.4, -0.2) is 46.8 Å². The van der Waals surface area contributed by atoms with E-state index in [0.717, 1.165) is 79.6 Å². The summed E-state index contributed by atoms with van der Waals surface area (Å²) in [5, 5.41) is 3.43. The lowest BCUT2D eigenvalue weighted by molar-refractivity contribution is 0.160. The number of rotatable bonds is 5. The van der Waals surface area contributed by atoms with Crippen molar-refractivity contribution in [3.05, 3.63) is 63.1 Å². The summed E-state index contributed by atoms with van der Waals surface area (Å²) in [6, 6.07) is 7.07. The van der Waals surface area contributed by atoms with Gasteiger partial charge in [0.2, 0.25) is 0 Å². The number of thioether (sulfide) groups is 1. The molecule has 1 atom stereocenters. The van der Waals surface area contributed by atoms with E-state index in [4.69, 9.17) is 4.98 Å². The molecule has 0 spiro atoms. The number of hydrogen-bond acceptors (Lipinski definition) is 5. The minimum absolute atomic E-state index is 0.0357. The molecule has 2 aliphatic heterocycles. The van der Waals surface area contributed by atoms with Crippen LogP contribution in [0.2, 0.25) is 0 Å². The average molecular weight is 389 g/mol. The number of aromatic amines is 1. The highest BCUT2D eigenvalue weighted by molar-refractivity contribution is 7.98. The summed E-state index contributed by atoms with van der Waals surface area (Å²) in [6.07, 6.45) is 2.60. The molecule has 0 saturated carbocycles. The largest absolute Gasteiger partial charge is 0.314 e. The molecule has 1 unspecified atom stereocenters. The summed E-state index contributed by atoms with van der Waals surface area (Å²) >= 11 is 1.80. The zero-order valence-corrected chi connectivity index (χ0v) is 16.2. The highest BCUT2D eigenvalue weighted by Crippen LogP contribution is 2.23. The van der Waals surface area contributed by atoms with Crippen molar-refractivity contribution in [1.82, 2.24) is 20.2 Å². The van der Waals surface area contributed by atoms with E-state index in [0.29, 0.717) is 0 Å². The van der Waals surface area contributed by atoms with E-state index in [-0.39, 0.29) is 17.4 Å². The molecular weight excluding hydrogens is 363 g/mol. The fourth-order valence-electron chi connectivity index (χ4n) is 3.89. The molecule has 4 rings (SSSR count). The van der Waals surface area contributed by atoms with E-state index in [9.17, 15) is 9.18 Å². The Morgan fingerprint density at radius 2 is 2.15 bits per heavy atom. The van der Waals surface area contributed by atoms with Crippen molar-refractivity contribution in [2.75, 3.05) is 31.9 Å². The molecule has 1 aromatic heterocycles. The Morgan fingerprint density at radius 3 is 3.00 bits per heavy atom. The molecule has 1 fully saturated rings. The third-order valence-electron chi connectivity index (χ3n) is 5.35. The molecule has 0 aliphatic carbocycles. The van der Waals surface area contributed by atoms with Crippen LogP contribution in [0, 0.1) is 5.82 Å². The van der Waals surface area contributed by atoms with Crippen LogP contribution in [0.25, 0.3) is 0 Å². The smallest absolute Gasteiger partial charge is 0.255 e. The van der Waals surface area contributed by atoms with Gasteiger partial charge in [0.05, 0.1) is 5.69 Å². The van der Waals surface area contributed by atoms with Gasteiger partial charge in [0, 0.05) is 43.4 Å². The van der Waals surface area contributed by atoms with Crippen molar-refractivity contribution in [3.8, 4) is 0 Å². The van der Waals surface area contributed by atoms with Gasteiger partial charge in [0.1, 0.15) is 11.6 Å². The predicted molar refractivity (Wildman–Crippen MR) is 107 cm³/mol. The number of hydrogen-bond donors (Lipinski definition) is 2. The lowest BCUT2D eigenvalue weighted by Gasteiger charge is -2.36. The summed E-state index contributed by atoms with van der Waals surface area (Å²) in [4.78, 5) is 22.4. The van der Waals surface area contributed by atoms with E-state index in [1.54, 1.807) is 11.8 Å². The van der Waals surface area contributed by atoms with Crippen LogP contribution >= 0.6 is 11.8 Å². The number of piperazine rings is 1. The lowest BCUT2D eigenvalue weighted by Crippen LogP contribution is -2.46. The van der Waals surface area contributed by atoms with Gasteiger partial charge in [0.15, 0.2) is 0 Å². The van der Waals surface area contributed by atoms with Gasteiger partial charge in [0.25, 0.3) is 5.56 Å². The Bertz CT molecular complexity index is 839. The van der Waals surface area contributed by atoms with Crippen molar-refractivity contribution in [1.29, 1.82) is 0 Å². The maximum absolute atomic E-state index is 13.2. The second-order valence-corrected chi connectivity index (χ2v) is 8.26. The van der Waals surface area contributed by atoms with Crippen molar-refractivity contribution in [2.24, 2.45) is 0 Å². The zero-order chi connectivity index (χ0) is 18.6. The molecule has 7 heteroatoms. The highest BCUT2D eigenvalue weighted by atomic mass is 32.2. The summed E-state index contributed by atoms with van der Waals surface area (Å²) in [5.74, 6) is 2.43. The van der Waals surface area contributed by atoms with Gasteiger partial charge >= 0.3 is 0 Å². The molecule has 3 heterocycles. The topological polar surface area (TPSA) is 61.0 Å². The molecule has 5 nitrogen and oxygen atoms in total. The lowest BCUT2D eigenvalue weighted by atomic mass is 10.0. The number of nitrogens with one attached hydrogen (secondary N) is 2. The minimum atomic E-state index is -0.199. The van der Waals surface area contributed by atoms with Gasteiger partial charge in [-0.25, -0.2) is 9.37 Å². The Labute approximate surface area is 162 Å². The Morgan fingerprint density at radius 1 is 1.30 bits per heavy atom. The second-order valence-electron chi connectivity index (χ2n) is 7.15. The molecule has 27 heavy (non-hydrogen) atoms. The maximum atomic E-state index is 13.2. The molecule has 1 saturated heterocycles. The van der Waals surface area contributed by atoms with Crippen LogP contribution in [0.1, 0.15) is 35.1 Å². The number of aryl methyl sites for hydroxylation is 2. The van der Waals surface area contributed by atoms with E-state index in [1.165, 1.54) is 12.1 Å². The van der Waals surface area contributed by atoms with Crippen molar-refractivity contribution >= 4 is 11.8 Å². The molecular formula is C20H25FN4OS. The standard InChI is InChI=1S/C20H25FN4OS/c21-15-5-3-14(4-6-15)18-12-22-8-10-25(18)9-1-2-19-23-17-7-11-27-13-16(17)20(26)24-19/h3-6,18,22H,1-2,7-13H2,(H,23,24,26). The number of fused-ring (bicyclic) bond motifs is 1. The molecule has 2 N–H and O–H groups in total. The van der Waals surface area contributed by atoms with Crippen LogP contribution in [0.15, 0.2) is 29.1 Å². The first-order valence-electron chi connectivity index (χ1n) is 9.59. The van der Waals surface area contributed by atoms with Gasteiger partial charge < -0.3 is 10.3 Å². The van der Waals surface area contributed by atoms with Gasteiger partial charge in [-0.15, -0.1) is 0 Å². The van der Waals surface area contributed by atoms with Crippen molar-refractivity contribution in [3.63, 3.8) is 0 Å². The summed E-state index contributed by atoms with van der Waals surface area (Å²) in [6.45, 7) is 3.73. The normalized spacial score (nSPS) is 20.4. The molecule has 2 aromatic rings. The maximum Gasteiger partial charge on any atom is 0.255 e. The number of halogens is 1. The van der Waals surface area contributed by atoms with E-state index >= 15 is 0 Å². The van der Waals surface area contributed by atoms with E-state index < -0.39 is 0 Å². The number of aromatic nitrogens is 2. The zero-order valence-electron chi connectivity index (χ0n) is 15.3. The third kappa shape index (κ3) is 4.42. The SMILES string of the molecule is O=c1[nH]c(CCCN2CCNCC2c2ccc(F)cc2)nc2c1CSCC2. The fraction of sp³-hybridized carbons (Fsp3) is 0.500. The van der Waals surface area contributed by atoms with Gasteiger partial charge in [-0.05, 0) is 42.8 Å². The Balaban J connectivity index is 1.39. The molecule has 1 aromatic carbocycles. The minimum Gasteiger partial charge on any atom is -0.314 e. The monoisotopic (exact) mass is 388 g/mol. The summed E-state index contributed by atoms with van der Waals surface area (Å²) < 4.78 is 13.2. The van der Waals surface area contributed by atoms with Crippen LogP contribution in [-0.2, 0) is 18.6 Å². The third-order valence-corrected chi connectivity index (χ3v) is 6.33. The number of nitrogens with zero attached hydrogens (tertiary/aromatic N) is 2. The first-order chi connectivity index (χ1) is 13.2. The molecule has 144 valence electrons. The average Bonchev–Trinajstić information content (AvgIpc) is 2.69. The molecule has 0 bridgehead atoms. The van der Waals surface area contributed by atoms with Crippen LogP contribution in [0.4, 0.5) is 4.39 Å². The van der Waals surface area contributed by atoms with Crippen molar-refractivity contribution in [2.45, 2.75) is 31.1 Å². The molecule has 0 radical (unpaired) electrons. The van der Waals surface area contributed by atoms with E-state index in [1.807, 2.05) is 12.1 Å². The summed E-state index contributed by atoms with van der Waals surface area (Å²) in [7, 11) is 0. The van der Waals surface area contributed by atoms with Gasteiger partial charge in [-0.2, -0.15) is 11.8 Å². The van der Waals surface area contributed by atoms with Crippen molar-refractivity contribution < 1.29 is 4.39 Å². The van der Waals surface area contributed by atoms with Crippen LogP contribution in [0.5, 0.6) is 0 Å². The number of benzene rings is 1. The Kier molecular flexibility index (Phi) is 5.90. The second kappa shape index (κ2) is 8.54. The first-order valence-corrected chi connectivity index (χ1v) is 10.7. The van der Waals surface area contributed by atoms with Crippen LogP contribution < -0.4 is 10.9 Å². The van der Waals surface area contributed by atoms with Gasteiger partial charge in [-0.1, -0.05) is 12.1 Å². The van der Waals surface area contributed by atoms with Gasteiger partial charge in [-0.3, -0.25) is 9.69 Å². The number of H-pyrrole nitrogens is 1. The first kappa shape index (κ1) is 18.7. The Hall–Kier alpha value is -1.70.